The minimum atomic E-state index is -4.73. The van der Waals surface area contributed by atoms with Gasteiger partial charge in [-0.2, -0.15) is 3.71 Å². The van der Waals surface area contributed by atoms with Gasteiger partial charge in [-0.15, -0.1) is 0 Å². The third-order valence-corrected chi connectivity index (χ3v) is 9.09. The molecule has 0 saturated carbocycles. The number of hydrogen-bond donors (Lipinski definition) is 2. The molecule has 0 radical (unpaired) electrons. The van der Waals surface area contributed by atoms with E-state index in [9.17, 15) is 31.2 Å². The molecule has 2 N–H and O–H groups in total. The number of sulfonamides is 2. The summed E-state index contributed by atoms with van der Waals surface area (Å²) in [5.41, 5.74) is 0.457. The number of hydrogen-bond acceptors (Lipinski definition) is 8. The predicted molar refractivity (Wildman–Crippen MR) is 136 cm³/mol. The summed E-state index contributed by atoms with van der Waals surface area (Å²) < 4.78 is 59.6. The van der Waals surface area contributed by atoms with E-state index in [0.29, 0.717) is 11.4 Å². The van der Waals surface area contributed by atoms with Crippen molar-refractivity contribution in [3.8, 4) is 0 Å². The Labute approximate surface area is 214 Å². The van der Waals surface area contributed by atoms with E-state index in [0.717, 1.165) is 24.3 Å². The first-order chi connectivity index (χ1) is 17.4. The highest BCUT2D eigenvalue weighted by Crippen LogP contribution is 2.32. The zero-order chi connectivity index (χ0) is 27.4. The Bertz CT molecular complexity index is 1440. The Hall–Kier alpha value is -4.23. The maximum absolute atomic E-state index is 13.7. The van der Waals surface area contributed by atoms with E-state index in [1.807, 2.05) is 0 Å². The van der Waals surface area contributed by atoms with Crippen LogP contribution in [0.15, 0.2) is 82.6 Å². The van der Waals surface area contributed by atoms with Gasteiger partial charge in [0.15, 0.2) is 0 Å². The lowest BCUT2D eigenvalue weighted by Crippen LogP contribution is -2.37. The van der Waals surface area contributed by atoms with Gasteiger partial charge in [-0.1, -0.05) is 0 Å². The second kappa shape index (κ2) is 10.8. The van der Waals surface area contributed by atoms with Crippen LogP contribution in [0.3, 0.4) is 0 Å². The molecule has 0 heterocycles. The van der Waals surface area contributed by atoms with Gasteiger partial charge in [-0.3, -0.25) is 9.59 Å². The van der Waals surface area contributed by atoms with Crippen LogP contribution in [0.5, 0.6) is 0 Å². The Morgan fingerprint density at radius 2 is 1.03 bits per heavy atom. The third kappa shape index (κ3) is 6.13. The van der Waals surface area contributed by atoms with E-state index in [-0.39, 0.29) is 36.6 Å². The summed E-state index contributed by atoms with van der Waals surface area (Å²) in [4.78, 5) is 33.7. The fourth-order valence-electron chi connectivity index (χ4n) is 3.26. The Morgan fingerprint density at radius 1 is 0.649 bits per heavy atom. The zero-order valence-electron chi connectivity index (χ0n) is 20.0. The zero-order valence-corrected chi connectivity index (χ0v) is 21.6. The second-order valence-electron chi connectivity index (χ2n) is 7.66. The SMILES string of the molecule is COC(=O)c1ccc(N(S(=O)(=O)c2ccc(NC(C)=O)cc2)S(=O)(=O)c2ccc(NC(C)=O)cc2)cc1. The maximum Gasteiger partial charge on any atom is 0.337 e. The molecule has 37 heavy (non-hydrogen) atoms. The molecular weight excluding hydrogens is 522 g/mol. The Balaban J connectivity index is 2.15. The van der Waals surface area contributed by atoms with E-state index in [1.165, 1.54) is 69.5 Å². The molecule has 3 aromatic carbocycles. The predicted octanol–water partition coefficient (Wildman–Crippen LogP) is 2.97. The van der Waals surface area contributed by atoms with Crippen LogP contribution in [-0.4, -0.2) is 41.7 Å². The number of esters is 1. The third-order valence-electron chi connectivity index (χ3n) is 4.88. The summed E-state index contributed by atoms with van der Waals surface area (Å²) in [6, 6.07) is 14.7. The van der Waals surface area contributed by atoms with Crippen molar-refractivity contribution in [1.82, 2.24) is 0 Å². The molecule has 0 aliphatic heterocycles. The van der Waals surface area contributed by atoms with Crippen LogP contribution in [0.2, 0.25) is 0 Å². The van der Waals surface area contributed by atoms with E-state index in [1.54, 1.807) is 0 Å². The summed E-state index contributed by atoms with van der Waals surface area (Å²) >= 11 is 0. The minimum Gasteiger partial charge on any atom is -0.465 e. The number of ether oxygens (including phenoxy) is 1. The molecule has 0 unspecified atom stereocenters. The summed E-state index contributed by atoms with van der Waals surface area (Å²) in [6.07, 6.45) is 0. The average Bonchev–Trinajstić information content (AvgIpc) is 2.83. The van der Waals surface area contributed by atoms with Crippen LogP contribution in [0, 0.1) is 0 Å². The first-order valence-electron chi connectivity index (χ1n) is 10.6. The highest BCUT2D eigenvalue weighted by atomic mass is 32.3. The highest BCUT2D eigenvalue weighted by Gasteiger charge is 2.37. The number of rotatable bonds is 8. The first kappa shape index (κ1) is 27.4. The van der Waals surface area contributed by atoms with Crippen molar-refractivity contribution in [1.29, 1.82) is 0 Å². The molecule has 0 aliphatic carbocycles. The summed E-state index contributed by atoms with van der Waals surface area (Å²) in [6.45, 7) is 2.57. The van der Waals surface area contributed by atoms with Crippen LogP contribution in [0.1, 0.15) is 24.2 Å². The molecule has 0 atom stereocenters. The lowest BCUT2D eigenvalue weighted by atomic mass is 10.2. The molecule has 194 valence electrons. The average molecular weight is 546 g/mol. The Morgan fingerprint density at radius 3 is 1.35 bits per heavy atom. The molecule has 0 bridgehead atoms. The van der Waals surface area contributed by atoms with Gasteiger partial charge >= 0.3 is 5.97 Å². The van der Waals surface area contributed by atoms with Gasteiger partial charge < -0.3 is 15.4 Å². The lowest BCUT2D eigenvalue weighted by Gasteiger charge is -2.24. The van der Waals surface area contributed by atoms with Crippen LogP contribution in [0.25, 0.3) is 0 Å². The number of amides is 2. The van der Waals surface area contributed by atoms with Gasteiger partial charge in [-0.05, 0) is 72.8 Å². The lowest BCUT2D eigenvalue weighted by molar-refractivity contribution is -0.115. The van der Waals surface area contributed by atoms with Gasteiger partial charge in [-0.25, -0.2) is 21.6 Å². The van der Waals surface area contributed by atoms with E-state index < -0.39 is 26.0 Å². The molecular formula is C24H23N3O8S2. The van der Waals surface area contributed by atoms with Gasteiger partial charge in [0, 0.05) is 25.2 Å². The fraction of sp³-hybridized carbons (Fsp3) is 0.125. The topological polar surface area (TPSA) is 156 Å². The number of nitrogens with zero attached hydrogens (tertiary/aromatic N) is 1. The van der Waals surface area contributed by atoms with Crippen molar-refractivity contribution in [3.63, 3.8) is 0 Å². The standard InChI is InChI=1S/C24H23N3O8S2/c1-16(28)25-19-6-12-22(13-7-19)36(31,32)27(21-10-4-18(5-11-21)24(30)35-3)37(33,34)23-14-8-20(9-15-23)26-17(2)29/h4-15H,1-3H3,(H,25,28)(H,26,29). The smallest absolute Gasteiger partial charge is 0.337 e. The van der Waals surface area contributed by atoms with Crippen LogP contribution < -0.4 is 14.3 Å². The van der Waals surface area contributed by atoms with Crippen molar-refractivity contribution in [2.24, 2.45) is 0 Å². The van der Waals surface area contributed by atoms with Gasteiger partial charge in [0.05, 0.1) is 28.2 Å². The van der Waals surface area contributed by atoms with Crippen LogP contribution >= 0.6 is 0 Å². The largest absolute Gasteiger partial charge is 0.465 e. The van der Waals surface area contributed by atoms with Crippen molar-refractivity contribution in [3.05, 3.63) is 78.4 Å². The summed E-state index contributed by atoms with van der Waals surface area (Å²) in [5.74, 6) is -1.42. The number of anilines is 3. The van der Waals surface area contributed by atoms with E-state index in [2.05, 4.69) is 15.4 Å². The first-order valence-corrected chi connectivity index (χ1v) is 13.5. The molecule has 3 aromatic rings. The van der Waals surface area contributed by atoms with Crippen LogP contribution in [0.4, 0.5) is 17.1 Å². The molecule has 0 aliphatic rings. The van der Waals surface area contributed by atoms with Gasteiger partial charge in [0.2, 0.25) is 11.8 Å². The molecule has 0 fully saturated rings. The molecule has 2 amide bonds. The quantitative estimate of drug-likeness (QED) is 0.409. The Kier molecular flexibility index (Phi) is 7.99. The highest BCUT2D eigenvalue weighted by molar-refractivity contribution is 8.10. The molecule has 0 aromatic heterocycles. The van der Waals surface area contributed by atoms with E-state index in [4.69, 9.17) is 0 Å². The molecule has 11 nitrogen and oxygen atoms in total. The van der Waals surface area contributed by atoms with Gasteiger partial charge in [0.1, 0.15) is 0 Å². The molecule has 13 heteroatoms. The van der Waals surface area contributed by atoms with Crippen molar-refractivity contribution in [2.45, 2.75) is 23.6 Å². The maximum atomic E-state index is 13.7. The number of carbonyl (C=O) groups is 3. The number of nitrogens with one attached hydrogen (secondary N) is 2. The fourth-order valence-corrected chi connectivity index (χ4v) is 6.95. The van der Waals surface area contributed by atoms with Crippen molar-refractivity contribution < 1.29 is 36.0 Å². The number of methoxy groups -OCH3 is 1. The normalized spacial score (nSPS) is 11.3. The number of benzene rings is 3. The van der Waals surface area contributed by atoms with Gasteiger partial charge in [0.25, 0.3) is 20.0 Å². The molecule has 0 saturated heterocycles. The summed E-state index contributed by atoms with van der Waals surface area (Å²) in [5, 5.41) is 5.00. The molecule has 0 spiro atoms. The van der Waals surface area contributed by atoms with Crippen molar-refractivity contribution in [2.75, 3.05) is 21.5 Å². The van der Waals surface area contributed by atoms with Crippen LogP contribution in [-0.2, 0) is 34.4 Å². The minimum absolute atomic E-state index is 0.0836. The van der Waals surface area contributed by atoms with E-state index >= 15 is 0 Å². The monoisotopic (exact) mass is 545 g/mol. The summed E-state index contributed by atoms with van der Waals surface area (Å²) in [7, 11) is -8.28. The molecule has 3 rings (SSSR count). The van der Waals surface area contributed by atoms with Crippen molar-refractivity contribution >= 4 is 54.9 Å². The second-order valence-corrected chi connectivity index (χ2v) is 11.5. The number of carbonyl (C=O) groups excluding carboxylic acids is 3.